The van der Waals surface area contributed by atoms with E-state index < -0.39 is 30.3 Å². The van der Waals surface area contributed by atoms with Crippen molar-refractivity contribution in [2.45, 2.75) is 0 Å². The minimum atomic E-state index is -5.74. The summed E-state index contributed by atoms with van der Waals surface area (Å²) in [6, 6.07) is 0. The zero-order chi connectivity index (χ0) is 12.2. The van der Waals surface area contributed by atoms with Crippen LogP contribution in [0.25, 0.3) is 0 Å². The average Bonchev–Trinajstić information content (AvgIpc) is 1.83. The Kier molecular flexibility index (Phi) is 10.6. The van der Waals surface area contributed by atoms with Crippen LogP contribution >= 0.6 is 0 Å². The van der Waals surface area contributed by atoms with Gasteiger partial charge in [-0.2, -0.15) is 16.8 Å². The Bertz CT molecular complexity index is 311. The SMILES string of the molecule is O=S(=O)(F)N(F)F.O=S(=O)(F)N(F)F.[Na]. The summed E-state index contributed by atoms with van der Waals surface area (Å²) in [5, 5.41) is 0. The number of hydrogen-bond acceptors (Lipinski definition) is 4. The summed E-state index contributed by atoms with van der Waals surface area (Å²) in [7, 11) is -11.5. The molecular formula is F6N2NaO4S2. The van der Waals surface area contributed by atoms with Crippen molar-refractivity contribution < 1.29 is 42.5 Å². The molecule has 0 aliphatic rings. The fourth-order valence-electron chi connectivity index (χ4n) is 0. The molecule has 0 aromatic heterocycles. The van der Waals surface area contributed by atoms with Crippen molar-refractivity contribution >= 4 is 50.4 Å². The van der Waals surface area contributed by atoms with Crippen molar-refractivity contribution in [3.8, 4) is 0 Å². The summed E-state index contributed by atoms with van der Waals surface area (Å²) < 4.78 is 93.3. The van der Waals surface area contributed by atoms with E-state index in [1.165, 1.54) is 0 Å². The molecule has 0 rings (SSSR count). The first-order valence-electron chi connectivity index (χ1n) is 2.02. The average molecular weight is 293 g/mol. The molecule has 0 spiro atoms. The molecule has 0 N–H and O–H groups in total. The topological polar surface area (TPSA) is 74.8 Å². The maximum atomic E-state index is 10.7. The van der Waals surface area contributed by atoms with Gasteiger partial charge in [-0.15, -0.1) is 0 Å². The molecule has 1 radical (unpaired) electrons. The van der Waals surface area contributed by atoms with Gasteiger partial charge >= 0.3 is 20.8 Å². The first-order valence-corrected chi connectivity index (χ1v) is 4.70. The Morgan fingerprint density at radius 1 is 0.667 bits per heavy atom. The van der Waals surface area contributed by atoms with Crippen LogP contribution in [0.3, 0.4) is 0 Å². The van der Waals surface area contributed by atoms with E-state index in [0.29, 0.717) is 0 Å². The predicted molar refractivity (Wildman–Crippen MR) is 33.9 cm³/mol. The monoisotopic (exact) mass is 293 g/mol. The summed E-state index contributed by atoms with van der Waals surface area (Å²) >= 11 is 0. The van der Waals surface area contributed by atoms with E-state index in [9.17, 15) is 25.7 Å². The van der Waals surface area contributed by atoms with Gasteiger partial charge in [-0.25, -0.2) is 0 Å². The molecule has 0 atom stereocenters. The van der Waals surface area contributed by atoms with Crippen molar-refractivity contribution in [1.29, 1.82) is 0 Å². The minimum absolute atomic E-state index is 0. The molecule has 0 saturated heterocycles. The van der Waals surface area contributed by atoms with Crippen molar-refractivity contribution in [2.24, 2.45) is 0 Å². The molecule has 0 aromatic rings. The van der Waals surface area contributed by atoms with Crippen LogP contribution in [0.5, 0.6) is 0 Å². The molecule has 0 heterocycles. The van der Waals surface area contributed by atoms with Crippen LogP contribution < -0.4 is 0 Å². The largest absolute Gasteiger partial charge is 0.430 e. The molecule has 15 heavy (non-hydrogen) atoms. The standard InChI is InChI=1S/2F3NO2S.Na/c2*1-4(2)7(3,5)6;. The molecule has 15 heteroatoms. The third-order valence-corrected chi connectivity index (χ3v) is 0.989. The van der Waals surface area contributed by atoms with Crippen molar-refractivity contribution in [2.75, 3.05) is 0 Å². The number of hydrogen-bond donors (Lipinski definition) is 0. The van der Waals surface area contributed by atoms with E-state index in [1.54, 1.807) is 0 Å². The van der Waals surface area contributed by atoms with Gasteiger partial charge in [-0.3, -0.25) is 0 Å². The van der Waals surface area contributed by atoms with E-state index in [-0.39, 0.29) is 29.6 Å². The molecule has 0 aromatic carbocycles. The molecule has 0 fully saturated rings. The second-order valence-corrected chi connectivity index (χ2v) is 3.43. The van der Waals surface area contributed by atoms with Gasteiger partial charge in [0.15, 0.2) is 9.50 Å². The van der Waals surface area contributed by atoms with Crippen molar-refractivity contribution in [1.82, 2.24) is 9.50 Å². The van der Waals surface area contributed by atoms with E-state index in [0.717, 1.165) is 0 Å². The van der Waals surface area contributed by atoms with Gasteiger partial charge in [0, 0.05) is 29.6 Å². The Hall–Kier alpha value is 0.400. The van der Waals surface area contributed by atoms with Gasteiger partial charge in [-0.1, -0.05) is 25.7 Å². The van der Waals surface area contributed by atoms with Crippen LogP contribution in [0.15, 0.2) is 0 Å². The van der Waals surface area contributed by atoms with Crippen molar-refractivity contribution in [3.63, 3.8) is 0 Å². The molecule has 0 amide bonds. The first kappa shape index (κ1) is 20.8. The molecule has 0 saturated carbocycles. The molecule has 0 aliphatic carbocycles. The summed E-state index contributed by atoms with van der Waals surface area (Å²) in [5.74, 6) is 0. The number of halogens is 6. The van der Waals surface area contributed by atoms with Crippen molar-refractivity contribution in [3.05, 3.63) is 0 Å². The summed E-state index contributed by atoms with van der Waals surface area (Å²) in [6.07, 6.45) is 0. The van der Waals surface area contributed by atoms with E-state index in [2.05, 4.69) is 0 Å². The minimum Gasteiger partial charge on any atom is -0.172 e. The second kappa shape index (κ2) is 7.64. The quantitative estimate of drug-likeness (QED) is 0.315. The molecule has 0 unspecified atom stereocenters. The maximum Gasteiger partial charge on any atom is 0.430 e. The predicted octanol–water partition coefficient (Wildman–Crippen LogP) is 0.163. The molecular weight excluding hydrogens is 293 g/mol. The Balaban J connectivity index is -0.000000180. The van der Waals surface area contributed by atoms with Crippen LogP contribution in [-0.4, -0.2) is 55.9 Å². The fourth-order valence-corrected chi connectivity index (χ4v) is 0. The Labute approximate surface area is 102 Å². The summed E-state index contributed by atoms with van der Waals surface area (Å²) in [5.41, 5.74) is 0. The number of nitrogens with zero attached hydrogens (tertiary/aromatic N) is 2. The smallest absolute Gasteiger partial charge is 0.172 e. The van der Waals surface area contributed by atoms with Gasteiger partial charge in [0.2, 0.25) is 0 Å². The van der Waals surface area contributed by atoms with Crippen LogP contribution in [-0.2, 0) is 20.8 Å². The normalized spacial score (nSPS) is 11.7. The first-order chi connectivity index (χ1) is 5.89. The van der Waals surface area contributed by atoms with E-state index in [4.69, 9.17) is 16.8 Å². The Morgan fingerprint density at radius 3 is 0.733 bits per heavy atom. The van der Waals surface area contributed by atoms with Gasteiger partial charge in [-0.05, 0) is 0 Å². The van der Waals surface area contributed by atoms with Crippen LogP contribution in [0.2, 0.25) is 0 Å². The van der Waals surface area contributed by atoms with Crippen LogP contribution in [0, 0.1) is 0 Å². The van der Waals surface area contributed by atoms with Gasteiger partial charge in [0.05, 0.1) is 0 Å². The molecule has 6 nitrogen and oxygen atoms in total. The van der Waals surface area contributed by atoms with Gasteiger partial charge in [0.1, 0.15) is 0 Å². The van der Waals surface area contributed by atoms with E-state index in [1.807, 2.05) is 0 Å². The summed E-state index contributed by atoms with van der Waals surface area (Å²) in [6.45, 7) is 0. The second-order valence-electron chi connectivity index (χ2n) is 1.23. The van der Waals surface area contributed by atoms with Crippen LogP contribution in [0.4, 0.5) is 25.7 Å². The number of rotatable bonds is 2. The zero-order valence-corrected chi connectivity index (χ0v) is 10.2. The third-order valence-electron chi connectivity index (χ3n) is 0.330. The molecule has 89 valence electrons. The maximum absolute atomic E-state index is 10.7. The van der Waals surface area contributed by atoms with E-state index >= 15 is 0 Å². The molecule has 0 aliphatic heterocycles. The summed E-state index contributed by atoms with van der Waals surface area (Å²) in [4.78, 5) is 0. The Morgan fingerprint density at radius 2 is 0.733 bits per heavy atom. The van der Waals surface area contributed by atoms with Gasteiger partial charge in [0.25, 0.3) is 0 Å². The third kappa shape index (κ3) is 14.4. The molecule has 0 bridgehead atoms. The fraction of sp³-hybridized carbons (Fsp3) is 0. The van der Waals surface area contributed by atoms with Gasteiger partial charge < -0.3 is 0 Å². The zero-order valence-electron chi connectivity index (χ0n) is 6.61. The van der Waals surface area contributed by atoms with Crippen LogP contribution in [0.1, 0.15) is 0 Å².